The van der Waals surface area contributed by atoms with Crippen molar-refractivity contribution < 1.29 is 36.6 Å². The van der Waals surface area contributed by atoms with Gasteiger partial charge in [0.05, 0.1) is 6.61 Å². The molecule has 0 spiro atoms. The zero-order chi connectivity index (χ0) is 27.9. The van der Waals surface area contributed by atoms with Gasteiger partial charge in [0.15, 0.2) is 16.8 Å². The summed E-state index contributed by atoms with van der Waals surface area (Å²) >= 11 is 0.969. The second kappa shape index (κ2) is 12.9. The molecule has 1 aliphatic rings. The number of ether oxygens (including phenoxy) is 2. The fourth-order valence-corrected chi connectivity index (χ4v) is 5.24. The summed E-state index contributed by atoms with van der Waals surface area (Å²) < 4.78 is 68.1. The number of hydrogen-bond acceptors (Lipinski definition) is 9. The standard InChI is InChI=1S/C23H31F2N5O6S2/c1-23(2,3)36-22(32)29-8-10-30(11-9-29)38(33,34)28-18-14-19(35-13-5-12-31)27-21(26-18)37-15-16-6-4-7-17(24)20(16)25/h4,6-7,14,31H,5,8-13,15H2,1-3H3,(H,26,27,28). The number of anilines is 1. The molecule has 0 aliphatic carbocycles. The van der Waals surface area contributed by atoms with Crippen LogP contribution in [0, 0.1) is 11.6 Å². The monoisotopic (exact) mass is 575 g/mol. The van der Waals surface area contributed by atoms with Crippen LogP contribution in [-0.2, 0) is 20.7 Å². The Balaban J connectivity index is 1.71. The Hall–Kier alpha value is -2.75. The zero-order valence-corrected chi connectivity index (χ0v) is 22.9. The molecule has 2 aromatic rings. The lowest BCUT2D eigenvalue weighted by atomic mass is 10.2. The van der Waals surface area contributed by atoms with E-state index in [0.717, 1.165) is 17.8 Å². The van der Waals surface area contributed by atoms with E-state index < -0.39 is 33.5 Å². The molecular weight excluding hydrogens is 544 g/mol. The van der Waals surface area contributed by atoms with Gasteiger partial charge >= 0.3 is 16.3 Å². The van der Waals surface area contributed by atoms with E-state index in [0.29, 0.717) is 6.42 Å². The number of thioether (sulfide) groups is 1. The maximum atomic E-state index is 14.0. The fourth-order valence-electron chi connectivity index (χ4n) is 3.27. The summed E-state index contributed by atoms with van der Waals surface area (Å²) in [5.41, 5.74) is -0.572. The van der Waals surface area contributed by atoms with Crippen LogP contribution < -0.4 is 9.46 Å². The molecule has 11 nitrogen and oxygen atoms in total. The molecule has 210 valence electrons. The van der Waals surface area contributed by atoms with Crippen molar-refractivity contribution in [3.8, 4) is 5.88 Å². The largest absolute Gasteiger partial charge is 0.477 e. The van der Waals surface area contributed by atoms with Crippen molar-refractivity contribution in [2.45, 2.75) is 43.7 Å². The lowest BCUT2D eigenvalue weighted by molar-refractivity contribution is 0.0193. The lowest BCUT2D eigenvalue weighted by Crippen LogP contribution is -2.52. The SMILES string of the molecule is CC(C)(C)OC(=O)N1CCN(S(=O)(=O)Nc2cc(OCCCO)nc(SCc3cccc(F)c3F)n2)CC1. The van der Waals surface area contributed by atoms with Crippen LogP contribution in [0.1, 0.15) is 32.8 Å². The van der Waals surface area contributed by atoms with Gasteiger partial charge in [-0.25, -0.2) is 18.6 Å². The summed E-state index contributed by atoms with van der Waals surface area (Å²) in [7, 11) is -4.06. The van der Waals surface area contributed by atoms with Crippen molar-refractivity contribution in [2.75, 3.05) is 44.1 Å². The smallest absolute Gasteiger partial charge is 0.410 e. The summed E-state index contributed by atoms with van der Waals surface area (Å²) in [6.45, 7) is 5.64. The molecule has 1 fully saturated rings. The number of hydrogen-bond donors (Lipinski definition) is 2. The Labute approximate surface area is 224 Å². The van der Waals surface area contributed by atoms with Crippen LogP contribution in [0.4, 0.5) is 19.4 Å². The van der Waals surface area contributed by atoms with Gasteiger partial charge in [-0.1, -0.05) is 23.9 Å². The first kappa shape index (κ1) is 29.8. The van der Waals surface area contributed by atoms with Crippen molar-refractivity contribution in [1.29, 1.82) is 0 Å². The molecule has 1 aliphatic heterocycles. The van der Waals surface area contributed by atoms with Crippen LogP contribution in [0.15, 0.2) is 29.4 Å². The first-order valence-corrected chi connectivity index (χ1v) is 14.2. The third-order valence-corrected chi connectivity index (χ3v) is 7.49. The van der Waals surface area contributed by atoms with Crippen molar-refractivity contribution in [1.82, 2.24) is 19.2 Å². The molecule has 2 N–H and O–H groups in total. The first-order chi connectivity index (χ1) is 17.9. The molecule has 0 bridgehead atoms. The molecule has 0 unspecified atom stereocenters. The molecule has 38 heavy (non-hydrogen) atoms. The summed E-state index contributed by atoms with van der Waals surface area (Å²) in [5.74, 6) is -2.02. The number of benzene rings is 1. The van der Waals surface area contributed by atoms with Gasteiger partial charge in [0.25, 0.3) is 0 Å². The molecule has 1 saturated heterocycles. The van der Waals surface area contributed by atoms with Gasteiger partial charge in [-0.05, 0) is 26.8 Å². The Kier molecular flexibility index (Phi) is 10.1. The highest BCUT2D eigenvalue weighted by molar-refractivity contribution is 7.98. The number of aromatic nitrogens is 2. The number of carbonyl (C=O) groups excluding carboxylic acids is 1. The highest BCUT2D eigenvalue weighted by Gasteiger charge is 2.31. The molecule has 0 atom stereocenters. The minimum atomic E-state index is -4.06. The predicted molar refractivity (Wildman–Crippen MR) is 137 cm³/mol. The molecule has 3 rings (SSSR count). The normalized spacial score (nSPS) is 14.8. The van der Waals surface area contributed by atoms with Crippen LogP contribution in [0.2, 0.25) is 0 Å². The molecule has 1 aromatic carbocycles. The Morgan fingerprint density at radius 1 is 1.18 bits per heavy atom. The lowest BCUT2D eigenvalue weighted by Gasteiger charge is -2.34. The summed E-state index contributed by atoms with van der Waals surface area (Å²) in [5, 5.41) is 9.08. The van der Waals surface area contributed by atoms with Crippen molar-refractivity contribution >= 4 is 33.9 Å². The quantitative estimate of drug-likeness (QED) is 0.249. The number of halogens is 2. The summed E-state index contributed by atoms with van der Waals surface area (Å²) in [4.78, 5) is 22.1. The van der Waals surface area contributed by atoms with E-state index in [2.05, 4.69) is 14.7 Å². The van der Waals surface area contributed by atoms with E-state index in [4.69, 9.17) is 14.6 Å². The topological polar surface area (TPSA) is 134 Å². The Morgan fingerprint density at radius 2 is 1.89 bits per heavy atom. The summed E-state index contributed by atoms with van der Waals surface area (Å²) in [6.07, 6.45) is -0.191. The highest BCUT2D eigenvalue weighted by atomic mass is 32.2. The van der Waals surface area contributed by atoms with Crippen LogP contribution in [-0.4, -0.2) is 83.8 Å². The Bertz CT molecular complexity index is 1220. The third-order valence-electron chi connectivity index (χ3n) is 5.09. The molecule has 0 saturated carbocycles. The van der Waals surface area contributed by atoms with Gasteiger partial charge < -0.3 is 19.5 Å². The highest BCUT2D eigenvalue weighted by Crippen LogP contribution is 2.26. The molecule has 1 amide bonds. The van der Waals surface area contributed by atoms with E-state index in [1.54, 1.807) is 20.8 Å². The van der Waals surface area contributed by atoms with E-state index >= 15 is 0 Å². The average molecular weight is 576 g/mol. The summed E-state index contributed by atoms with van der Waals surface area (Å²) in [6, 6.07) is 5.10. The molecule has 15 heteroatoms. The van der Waals surface area contributed by atoms with Crippen molar-refractivity contribution in [3.63, 3.8) is 0 Å². The maximum Gasteiger partial charge on any atom is 0.410 e. The average Bonchev–Trinajstić information content (AvgIpc) is 2.84. The first-order valence-electron chi connectivity index (χ1n) is 11.8. The molecular formula is C23H31F2N5O6S2. The van der Waals surface area contributed by atoms with Gasteiger partial charge in [-0.15, -0.1) is 0 Å². The number of nitrogens with zero attached hydrogens (tertiary/aromatic N) is 4. The van der Waals surface area contributed by atoms with Crippen LogP contribution >= 0.6 is 11.8 Å². The number of amides is 1. The number of rotatable bonds is 10. The van der Waals surface area contributed by atoms with E-state index in [1.807, 2.05) is 0 Å². The second-order valence-electron chi connectivity index (χ2n) is 9.27. The van der Waals surface area contributed by atoms with Crippen LogP contribution in [0.25, 0.3) is 0 Å². The van der Waals surface area contributed by atoms with Gasteiger partial charge in [0, 0.05) is 56.6 Å². The number of piperazine rings is 1. The van der Waals surface area contributed by atoms with Gasteiger partial charge in [-0.3, -0.25) is 4.72 Å². The second-order valence-corrected chi connectivity index (χ2v) is 11.9. The predicted octanol–water partition coefficient (Wildman–Crippen LogP) is 3.02. The molecule has 0 radical (unpaired) electrons. The van der Waals surface area contributed by atoms with Gasteiger partial charge in [0.2, 0.25) is 5.88 Å². The van der Waals surface area contributed by atoms with Gasteiger partial charge in [0.1, 0.15) is 11.4 Å². The molecule has 1 aromatic heterocycles. The minimum Gasteiger partial charge on any atom is -0.477 e. The van der Waals surface area contributed by atoms with Crippen molar-refractivity contribution in [3.05, 3.63) is 41.5 Å². The minimum absolute atomic E-state index is 0.0114. The number of nitrogens with one attached hydrogen (secondary N) is 1. The third kappa shape index (κ3) is 8.64. The Morgan fingerprint density at radius 3 is 2.55 bits per heavy atom. The van der Waals surface area contributed by atoms with Crippen LogP contribution in [0.5, 0.6) is 5.88 Å². The van der Waals surface area contributed by atoms with Gasteiger partial charge in [-0.2, -0.15) is 17.7 Å². The van der Waals surface area contributed by atoms with Crippen LogP contribution in [0.3, 0.4) is 0 Å². The fraction of sp³-hybridized carbons (Fsp3) is 0.522. The number of aliphatic hydroxyl groups excluding tert-OH is 1. The zero-order valence-electron chi connectivity index (χ0n) is 21.3. The van der Waals surface area contributed by atoms with E-state index in [1.165, 1.54) is 27.4 Å². The molecule has 2 heterocycles. The van der Waals surface area contributed by atoms with Crippen molar-refractivity contribution in [2.24, 2.45) is 0 Å². The number of carbonyl (C=O) groups is 1. The number of aliphatic hydroxyl groups is 1. The van der Waals surface area contributed by atoms with E-state index in [9.17, 15) is 22.0 Å². The van der Waals surface area contributed by atoms with E-state index in [-0.39, 0.29) is 67.6 Å². The maximum absolute atomic E-state index is 14.0.